The summed E-state index contributed by atoms with van der Waals surface area (Å²) in [6, 6.07) is 4.28. The quantitative estimate of drug-likeness (QED) is 0.787. The highest BCUT2D eigenvalue weighted by Gasteiger charge is 2.20. The molecule has 18 heavy (non-hydrogen) atoms. The predicted molar refractivity (Wildman–Crippen MR) is 71.7 cm³/mol. The summed E-state index contributed by atoms with van der Waals surface area (Å²) >= 11 is 0. The third kappa shape index (κ3) is 3.66. The van der Waals surface area contributed by atoms with Crippen molar-refractivity contribution in [2.45, 2.75) is 19.0 Å². The molecule has 0 saturated carbocycles. The van der Waals surface area contributed by atoms with Gasteiger partial charge in [0.1, 0.15) is 0 Å². The maximum atomic E-state index is 5.87. The SMILES string of the molecule is COCC(C)N(C)C(CN)c1ccc(OC)nc1. The molecule has 0 aliphatic rings. The van der Waals surface area contributed by atoms with E-state index in [4.69, 9.17) is 15.2 Å². The van der Waals surface area contributed by atoms with Gasteiger partial charge < -0.3 is 15.2 Å². The smallest absolute Gasteiger partial charge is 0.212 e. The molecule has 0 bridgehead atoms. The number of rotatable bonds is 7. The number of pyridine rings is 1. The minimum atomic E-state index is 0.133. The van der Waals surface area contributed by atoms with Crippen LogP contribution in [0.4, 0.5) is 0 Å². The number of aromatic nitrogens is 1. The summed E-state index contributed by atoms with van der Waals surface area (Å²) in [4.78, 5) is 6.42. The lowest BCUT2D eigenvalue weighted by Crippen LogP contribution is -2.39. The molecule has 0 aliphatic carbocycles. The molecule has 0 amide bonds. The van der Waals surface area contributed by atoms with Crippen molar-refractivity contribution in [3.8, 4) is 5.88 Å². The molecule has 1 rings (SSSR count). The molecule has 2 unspecified atom stereocenters. The van der Waals surface area contributed by atoms with Gasteiger partial charge in [-0.2, -0.15) is 0 Å². The van der Waals surface area contributed by atoms with Crippen molar-refractivity contribution in [1.82, 2.24) is 9.88 Å². The molecular weight excluding hydrogens is 230 g/mol. The fourth-order valence-electron chi connectivity index (χ4n) is 1.91. The van der Waals surface area contributed by atoms with Crippen molar-refractivity contribution < 1.29 is 9.47 Å². The first-order valence-corrected chi connectivity index (χ1v) is 6.04. The van der Waals surface area contributed by atoms with Gasteiger partial charge in [0, 0.05) is 38.0 Å². The van der Waals surface area contributed by atoms with E-state index in [1.165, 1.54) is 0 Å². The van der Waals surface area contributed by atoms with Gasteiger partial charge in [0.25, 0.3) is 0 Å². The van der Waals surface area contributed by atoms with Crippen LogP contribution in [0.2, 0.25) is 0 Å². The summed E-state index contributed by atoms with van der Waals surface area (Å²) in [5.41, 5.74) is 6.96. The van der Waals surface area contributed by atoms with Crippen molar-refractivity contribution in [2.24, 2.45) is 5.73 Å². The summed E-state index contributed by atoms with van der Waals surface area (Å²) < 4.78 is 10.2. The highest BCUT2D eigenvalue weighted by atomic mass is 16.5. The molecule has 0 spiro atoms. The van der Waals surface area contributed by atoms with E-state index in [1.54, 1.807) is 14.2 Å². The maximum absolute atomic E-state index is 5.87. The lowest BCUT2D eigenvalue weighted by molar-refractivity contribution is 0.0909. The Hall–Kier alpha value is -1.17. The van der Waals surface area contributed by atoms with Crippen LogP contribution < -0.4 is 10.5 Å². The number of ether oxygens (including phenoxy) is 2. The third-order valence-electron chi connectivity index (χ3n) is 3.17. The van der Waals surface area contributed by atoms with Gasteiger partial charge in [-0.05, 0) is 19.5 Å². The average molecular weight is 253 g/mol. The van der Waals surface area contributed by atoms with Crippen LogP contribution >= 0.6 is 0 Å². The standard InChI is InChI=1S/C13H23N3O2/c1-10(9-17-3)16(2)12(7-14)11-5-6-13(18-4)15-8-11/h5-6,8,10,12H,7,9,14H2,1-4H3. The van der Waals surface area contributed by atoms with E-state index in [-0.39, 0.29) is 6.04 Å². The Kier molecular flexibility index (Phi) is 6.04. The lowest BCUT2D eigenvalue weighted by atomic mass is 10.1. The van der Waals surface area contributed by atoms with Crippen molar-refractivity contribution in [3.05, 3.63) is 23.9 Å². The fraction of sp³-hybridized carbons (Fsp3) is 0.615. The molecule has 0 aliphatic heterocycles. The zero-order valence-corrected chi connectivity index (χ0v) is 11.6. The number of methoxy groups -OCH3 is 2. The Bertz CT molecular complexity index is 343. The highest BCUT2D eigenvalue weighted by molar-refractivity contribution is 5.21. The Morgan fingerprint density at radius 2 is 2.11 bits per heavy atom. The van der Waals surface area contributed by atoms with Crippen LogP contribution in [0, 0.1) is 0 Å². The molecule has 1 aromatic heterocycles. The lowest BCUT2D eigenvalue weighted by Gasteiger charge is -2.32. The minimum absolute atomic E-state index is 0.133. The number of nitrogens with two attached hydrogens (primary N) is 1. The summed E-state index contributed by atoms with van der Waals surface area (Å²) in [6.45, 7) is 3.33. The second-order valence-electron chi connectivity index (χ2n) is 4.36. The van der Waals surface area contributed by atoms with Crippen LogP contribution in [-0.2, 0) is 4.74 Å². The fourth-order valence-corrected chi connectivity index (χ4v) is 1.91. The van der Waals surface area contributed by atoms with E-state index in [0.717, 1.165) is 5.56 Å². The molecule has 2 atom stereocenters. The zero-order valence-electron chi connectivity index (χ0n) is 11.6. The summed E-state index contributed by atoms with van der Waals surface area (Å²) in [7, 11) is 5.36. The van der Waals surface area contributed by atoms with Crippen molar-refractivity contribution in [3.63, 3.8) is 0 Å². The van der Waals surface area contributed by atoms with E-state index in [9.17, 15) is 0 Å². The topological polar surface area (TPSA) is 60.6 Å². The normalized spacial score (nSPS) is 14.6. The molecule has 5 heteroatoms. The predicted octanol–water partition coefficient (Wildman–Crippen LogP) is 1.06. The summed E-state index contributed by atoms with van der Waals surface area (Å²) in [5, 5.41) is 0. The van der Waals surface area contributed by atoms with Gasteiger partial charge >= 0.3 is 0 Å². The Labute approximate surface area is 109 Å². The van der Waals surface area contributed by atoms with Gasteiger partial charge in [-0.1, -0.05) is 6.07 Å². The van der Waals surface area contributed by atoms with Gasteiger partial charge in [-0.25, -0.2) is 4.98 Å². The number of nitrogens with zero attached hydrogens (tertiary/aromatic N) is 2. The minimum Gasteiger partial charge on any atom is -0.481 e. The van der Waals surface area contributed by atoms with E-state index >= 15 is 0 Å². The summed E-state index contributed by atoms with van der Waals surface area (Å²) in [5.74, 6) is 0.613. The Morgan fingerprint density at radius 3 is 2.56 bits per heavy atom. The molecular formula is C13H23N3O2. The van der Waals surface area contributed by atoms with Crippen LogP contribution in [0.15, 0.2) is 18.3 Å². The molecule has 0 fully saturated rings. The molecule has 0 radical (unpaired) electrons. The van der Waals surface area contributed by atoms with Crippen LogP contribution in [-0.4, -0.2) is 50.3 Å². The van der Waals surface area contributed by atoms with Crippen LogP contribution in [0.3, 0.4) is 0 Å². The number of likely N-dealkylation sites (N-methyl/N-ethyl adjacent to an activating group) is 1. The largest absolute Gasteiger partial charge is 0.481 e. The van der Waals surface area contributed by atoms with Crippen molar-refractivity contribution >= 4 is 0 Å². The van der Waals surface area contributed by atoms with E-state index in [0.29, 0.717) is 25.1 Å². The second-order valence-corrected chi connectivity index (χ2v) is 4.36. The van der Waals surface area contributed by atoms with Gasteiger partial charge in [0.15, 0.2) is 0 Å². The molecule has 2 N–H and O–H groups in total. The van der Waals surface area contributed by atoms with Gasteiger partial charge in [0.2, 0.25) is 5.88 Å². The first-order valence-electron chi connectivity index (χ1n) is 6.04. The van der Waals surface area contributed by atoms with Crippen molar-refractivity contribution in [1.29, 1.82) is 0 Å². The number of hydrogen-bond donors (Lipinski definition) is 1. The van der Waals surface area contributed by atoms with E-state index < -0.39 is 0 Å². The first kappa shape index (κ1) is 14.9. The van der Waals surface area contributed by atoms with Gasteiger partial charge in [-0.3, -0.25) is 4.90 Å². The molecule has 0 saturated heterocycles. The summed E-state index contributed by atoms with van der Waals surface area (Å²) in [6.07, 6.45) is 1.81. The van der Waals surface area contributed by atoms with Gasteiger partial charge in [-0.15, -0.1) is 0 Å². The molecule has 0 aromatic carbocycles. The molecule has 1 heterocycles. The maximum Gasteiger partial charge on any atom is 0.212 e. The highest BCUT2D eigenvalue weighted by Crippen LogP contribution is 2.21. The second kappa shape index (κ2) is 7.31. The third-order valence-corrected chi connectivity index (χ3v) is 3.17. The average Bonchev–Trinajstić information content (AvgIpc) is 2.40. The zero-order chi connectivity index (χ0) is 13.5. The molecule has 1 aromatic rings. The number of hydrogen-bond acceptors (Lipinski definition) is 5. The molecule has 102 valence electrons. The van der Waals surface area contributed by atoms with Crippen LogP contribution in [0.1, 0.15) is 18.5 Å². The van der Waals surface area contributed by atoms with Crippen molar-refractivity contribution in [2.75, 3.05) is 34.4 Å². The van der Waals surface area contributed by atoms with Gasteiger partial charge in [0.05, 0.1) is 13.7 Å². The van der Waals surface area contributed by atoms with Crippen LogP contribution in [0.5, 0.6) is 5.88 Å². The molecule has 5 nitrogen and oxygen atoms in total. The Morgan fingerprint density at radius 1 is 1.39 bits per heavy atom. The van der Waals surface area contributed by atoms with E-state index in [2.05, 4.69) is 16.8 Å². The Balaban J connectivity index is 2.80. The first-order chi connectivity index (χ1) is 8.63. The monoisotopic (exact) mass is 253 g/mol. The van der Waals surface area contributed by atoms with E-state index in [1.807, 2.05) is 25.4 Å². The van der Waals surface area contributed by atoms with Crippen LogP contribution in [0.25, 0.3) is 0 Å².